The van der Waals surface area contributed by atoms with Gasteiger partial charge in [0, 0.05) is 13.1 Å². The lowest BCUT2D eigenvalue weighted by Crippen LogP contribution is -2.27. The second kappa shape index (κ2) is 7.07. The van der Waals surface area contributed by atoms with Crippen LogP contribution in [0.2, 0.25) is 0 Å². The van der Waals surface area contributed by atoms with Crippen LogP contribution in [0.4, 0.5) is 0 Å². The molecule has 0 aliphatic carbocycles. The molecule has 0 bridgehead atoms. The average molecular weight is 235 g/mol. The Morgan fingerprint density at radius 1 is 1.29 bits per heavy atom. The summed E-state index contributed by atoms with van der Waals surface area (Å²) in [5.41, 5.74) is 2.55. The van der Waals surface area contributed by atoms with Crippen LogP contribution in [0.1, 0.15) is 30.9 Å². The normalized spacial score (nSPS) is 10.8. The van der Waals surface area contributed by atoms with Crippen LogP contribution in [0.15, 0.2) is 24.3 Å². The van der Waals surface area contributed by atoms with Crippen molar-refractivity contribution in [3.63, 3.8) is 0 Å². The van der Waals surface area contributed by atoms with Crippen LogP contribution in [-0.4, -0.2) is 29.1 Å². The molecular weight excluding hydrogens is 214 g/mol. The topological polar surface area (TPSA) is 40.5 Å². The van der Waals surface area contributed by atoms with E-state index in [1.54, 1.807) is 0 Å². The Labute approximate surface area is 103 Å². The molecule has 0 spiro atoms. The van der Waals surface area contributed by atoms with Crippen molar-refractivity contribution in [1.29, 1.82) is 0 Å². The van der Waals surface area contributed by atoms with E-state index in [-0.39, 0.29) is 6.42 Å². The molecule has 0 saturated heterocycles. The van der Waals surface area contributed by atoms with Crippen LogP contribution in [0.25, 0.3) is 0 Å². The number of hydrogen-bond acceptors (Lipinski definition) is 2. The number of hydrogen-bond donors (Lipinski definition) is 1. The zero-order chi connectivity index (χ0) is 12.7. The molecule has 1 aromatic rings. The highest BCUT2D eigenvalue weighted by molar-refractivity contribution is 5.66. The van der Waals surface area contributed by atoms with Gasteiger partial charge in [-0.2, -0.15) is 0 Å². The molecule has 0 saturated carbocycles. The highest BCUT2D eigenvalue weighted by Crippen LogP contribution is 2.11. The Morgan fingerprint density at radius 2 is 2.00 bits per heavy atom. The number of aryl methyl sites for hydroxylation is 1. The second-order valence-corrected chi connectivity index (χ2v) is 4.35. The van der Waals surface area contributed by atoms with E-state index in [1.807, 2.05) is 12.1 Å². The Kier molecular flexibility index (Phi) is 5.70. The minimum Gasteiger partial charge on any atom is -0.481 e. The van der Waals surface area contributed by atoms with Gasteiger partial charge in [0.1, 0.15) is 0 Å². The summed E-state index contributed by atoms with van der Waals surface area (Å²) in [6.45, 7) is 6.62. The Hall–Kier alpha value is -1.35. The summed E-state index contributed by atoms with van der Waals surface area (Å²) in [6.07, 6.45) is 1.26. The monoisotopic (exact) mass is 235 g/mol. The van der Waals surface area contributed by atoms with Gasteiger partial charge in [0.25, 0.3) is 0 Å². The molecule has 0 radical (unpaired) electrons. The van der Waals surface area contributed by atoms with E-state index in [9.17, 15) is 4.79 Å². The first-order chi connectivity index (χ1) is 8.13. The van der Waals surface area contributed by atoms with Crippen LogP contribution in [0.5, 0.6) is 0 Å². The van der Waals surface area contributed by atoms with Crippen molar-refractivity contribution in [3.05, 3.63) is 35.4 Å². The number of carbonyl (C=O) groups is 1. The molecule has 0 amide bonds. The fourth-order valence-electron chi connectivity index (χ4n) is 1.87. The van der Waals surface area contributed by atoms with Crippen LogP contribution >= 0.6 is 0 Å². The van der Waals surface area contributed by atoms with E-state index in [0.717, 1.165) is 19.5 Å². The zero-order valence-electron chi connectivity index (χ0n) is 10.6. The van der Waals surface area contributed by atoms with Crippen molar-refractivity contribution in [3.8, 4) is 0 Å². The van der Waals surface area contributed by atoms with Gasteiger partial charge in [0.15, 0.2) is 0 Å². The highest BCUT2D eigenvalue weighted by Gasteiger charge is 2.08. The lowest BCUT2D eigenvalue weighted by molar-refractivity contribution is -0.137. The van der Waals surface area contributed by atoms with E-state index in [4.69, 9.17) is 5.11 Å². The lowest BCUT2D eigenvalue weighted by atomic mass is 10.1. The van der Waals surface area contributed by atoms with Crippen molar-refractivity contribution in [2.24, 2.45) is 0 Å². The van der Waals surface area contributed by atoms with Gasteiger partial charge in [0.2, 0.25) is 0 Å². The minimum absolute atomic E-state index is 0.214. The zero-order valence-corrected chi connectivity index (χ0v) is 10.6. The second-order valence-electron chi connectivity index (χ2n) is 4.35. The molecule has 0 aliphatic rings. The van der Waals surface area contributed by atoms with Crippen molar-refractivity contribution in [2.45, 2.75) is 33.2 Å². The SMILES string of the molecule is CCCN(CCC(=O)O)Cc1ccccc1C. The third-order valence-electron chi connectivity index (χ3n) is 2.84. The van der Waals surface area contributed by atoms with E-state index in [2.05, 4.69) is 30.9 Å². The number of aliphatic carboxylic acids is 1. The number of carboxylic acid groups (broad SMARTS) is 1. The maximum atomic E-state index is 10.6. The van der Waals surface area contributed by atoms with Crippen LogP contribution < -0.4 is 0 Å². The summed E-state index contributed by atoms with van der Waals surface area (Å²) in [5, 5.41) is 8.72. The van der Waals surface area contributed by atoms with E-state index >= 15 is 0 Å². The van der Waals surface area contributed by atoms with E-state index < -0.39 is 5.97 Å². The van der Waals surface area contributed by atoms with Gasteiger partial charge >= 0.3 is 5.97 Å². The molecule has 1 aromatic carbocycles. The molecule has 1 N–H and O–H groups in total. The van der Waals surface area contributed by atoms with Crippen LogP contribution in [-0.2, 0) is 11.3 Å². The first-order valence-electron chi connectivity index (χ1n) is 6.12. The molecule has 94 valence electrons. The van der Waals surface area contributed by atoms with Gasteiger partial charge in [-0.3, -0.25) is 9.69 Å². The Balaban J connectivity index is 2.59. The van der Waals surface area contributed by atoms with E-state index in [1.165, 1.54) is 11.1 Å². The molecule has 0 heterocycles. The fourth-order valence-corrected chi connectivity index (χ4v) is 1.87. The average Bonchev–Trinajstić information content (AvgIpc) is 2.29. The maximum absolute atomic E-state index is 10.6. The number of carboxylic acids is 1. The molecule has 3 nitrogen and oxygen atoms in total. The molecule has 0 unspecified atom stereocenters. The minimum atomic E-state index is -0.726. The van der Waals surface area contributed by atoms with Crippen LogP contribution in [0.3, 0.4) is 0 Å². The van der Waals surface area contributed by atoms with Crippen molar-refractivity contribution in [1.82, 2.24) is 4.90 Å². The van der Waals surface area contributed by atoms with Gasteiger partial charge in [-0.15, -0.1) is 0 Å². The molecule has 0 aliphatic heterocycles. The molecule has 0 aromatic heterocycles. The first kappa shape index (κ1) is 13.7. The summed E-state index contributed by atoms with van der Waals surface area (Å²) in [7, 11) is 0. The third kappa shape index (κ3) is 5.00. The molecule has 1 rings (SSSR count). The van der Waals surface area contributed by atoms with Gasteiger partial charge in [-0.25, -0.2) is 0 Å². The number of nitrogens with zero attached hydrogens (tertiary/aromatic N) is 1. The summed E-state index contributed by atoms with van der Waals surface area (Å²) in [4.78, 5) is 12.8. The van der Waals surface area contributed by atoms with Crippen LogP contribution in [0, 0.1) is 6.92 Å². The van der Waals surface area contributed by atoms with Gasteiger partial charge in [0.05, 0.1) is 6.42 Å². The quantitative estimate of drug-likeness (QED) is 0.790. The molecular formula is C14H21NO2. The number of benzene rings is 1. The summed E-state index contributed by atoms with van der Waals surface area (Å²) in [5.74, 6) is -0.726. The van der Waals surface area contributed by atoms with Crippen molar-refractivity contribution >= 4 is 5.97 Å². The largest absolute Gasteiger partial charge is 0.481 e. The molecule has 17 heavy (non-hydrogen) atoms. The fraction of sp³-hybridized carbons (Fsp3) is 0.500. The lowest BCUT2D eigenvalue weighted by Gasteiger charge is -2.21. The predicted molar refractivity (Wildman–Crippen MR) is 69.0 cm³/mol. The summed E-state index contributed by atoms with van der Waals surface area (Å²) in [6, 6.07) is 8.26. The van der Waals surface area contributed by atoms with Crippen molar-refractivity contribution in [2.75, 3.05) is 13.1 Å². The van der Waals surface area contributed by atoms with Gasteiger partial charge in [-0.1, -0.05) is 31.2 Å². The molecule has 0 fully saturated rings. The predicted octanol–water partition coefficient (Wildman–Crippen LogP) is 2.68. The first-order valence-corrected chi connectivity index (χ1v) is 6.12. The van der Waals surface area contributed by atoms with Gasteiger partial charge < -0.3 is 5.11 Å². The third-order valence-corrected chi connectivity index (χ3v) is 2.84. The summed E-state index contributed by atoms with van der Waals surface area (Å²) >= 11 is 0. The standard InChI is InChI=1S/C14H21NO2/c1-3-9-15(10-8-14(16)17)11-13-7-5-4-6-12(13)2/h4-7H,3,8-11H2,1-2H3,(H,16,17). The smallest absolute Gasteiger partial charge is 0.304 e. The highest BCUT2D eigenvalue weighted by atomic mass is 16.4. The number of rotatable bonds is 7. The molecule has 0 atom stereocenters. The van der Waals surface area contributed by atoms with E-state index in [0.29, 0.717) is 6.54 Å². The maximum Gasteiger partial charge on any atom is 0.304 e. The Bertz CT molecular complexity index is 363. The Morgan fingerprint density at radius 3 is 2.59 bits per heavy atom. The summed E-state index contributed by atoms with van der Waals surface area (Å²) < 4.78 is 0. The molecule has 3 heteroatoms. The van der Waals surface area contributed by atoms with Gasteiger partial charge in [-0.05, 0) is 31.0 Å². The van der Waals surface area contributed by atoms with Crippen molar-refractivity contribution < 1.29 is 9.90 Å².